The number of non-ortho nitro benzene ring substituents is 1. The van der Waals surface area contributed by atoms with Crippen LogP contribution in [0, 0.1) is 10.1 Å². The molecule has 1 aromatic carbocycles. The molecular formula is C15H19N4O16P3. The molecule has 0 bridgehead atoms. The van der Waals surface area contributed by atoms with Gasteiger partial charge in [-0.25, -0.2) is 18.5 Å². The zero-order chi connectivity index (χ0) is 28.6. The first-order chi connectivity index (χ1) is 17.4. The highest BCUT2D eigenvalue weighted by atomic mass is 31.3. The highest BCUT2D eigenvalue weighted by Gasteiger charge is 2.47. The Morgan fingerprint density at radius 1 is 1.05 bits per heavy atom. The number of benzene rings is 1. The monoisotopic (exact) mass is 604 g/mol. The molecular weight excluding hydrogens is 585 g/mol. The summed E-state index contributed by atoms with van der Waals surface area (Å²) >= 11 is 0. The van der Waals surface area contributed by atoms with E-state index in [0.29, 0.717) is 4.57 Å². The van der Waals surface area contributed by atoms with Crippen molar-refractivity contribution in [1.29, 1.82) is 0 Å². The first-order valence-electron chi connectivity index (χ1n) is 9.82. The molecule has 0 aliphatic carbocycles. The summed E-state index contributed by atoms with van der Waals surface area (Å²) in [5.41, 5.74) is 4.87. The van der Waals surface area contributed by atoms with Gasteiger partial charge >= 0.3 is 29.2 Å². The van der Waals surface area contributed by atoms with Gasteiger partial charge < -0.3 is 40.3 Å². The molecule has 1 fully saturated rings. The number of anilines is 1. The van der Waals surface area contributed by atoms with E-state index in [4.69, 9.17) is 20.3 Å². The lowest BCUT2D eigenvalue weighted by molar-refractivity contribution is -0.384. The maximum absolute atomic E-state index is 12.4. The molecule has 0 amide bonds. The second-order valence-corrected chi connectivity index (χ2v) is 11.9. The molecule has 2 aromatic rings. The van der Waals surface area contributed by atoms with Crippen LogP contribution in [0.1, 0.15) is 6.23 Å². The third kappa shape index (κ3) is 7.37. The summed E-state index contributed by atoms with van der Waals surface area (Å²) in [6, 6.07) is 4.94. The van der Waals surface area contributed by atoms with Crippen molar-refractivity contribution >= 4 is 35.0 Å². The number of hydrogen-bond donors (Lipinski definition) is 7. The number of phosphoric ester groups is 1. The van der Waals surface area contributed by atoms with Crippen LogP contribution in [-0.4, -0.2) is 69.2 Å². The minimum Gasteiger partial charge on any atom is -0.387 e. The van der Waals surface area contributed by atoms with Crippen molar-refractivity contribution in [3.63, 3.8) is 0 Å². The Morgan fingerprint density at radius 3 is 2.21 bits per heavy atom. The number of aliphatic hydroxyl groups excluding tert-OH is 2. The fraction of sp³-hybridized carbons (Fsp3) is 0.333. The summed E-state index contributed by atoms with van der Waals surface area (Å²) in [7, 11) is -17.0. The lowest BCUT2D eigenvalue weighted by Gasteiger charge is -2.19. The molecule has 2 unspecified atom stereocenters. The summed E-state index contributed by atoms with van der Waals surface area (Å²) < 4.78 is 51.5. The first kappa shape index (κ1) is 30.1. The molecule has 1 saturated heterocycles. The Labute approximate surface area is 210 Å². The molecule has 2 heterocycles. The van der Waals surface area contributed by atoms with Gasteiger partial charge in [-0.2, -0.15) is 13.6 Å². The summed E-state index contributed by atoms with van der Waals surface area (Å²) in [6.07, 6.45) is -5.99. The van der Waals surface area contributed by atoms with Crippen molar-refractivity contribution in [2.24, 2.45) is 0 Å². The topological polar surface area (TPSA) is 314 Å². The predicted molar refractivity (Wildman–Crippen MR) is 121 cm³/mol. The van der Waals surface area contributed by atoms with Crippen molar-refractivity contribution in [2.45, 2.75) is 24.5 Å². The SMILES string of the molecule is Nc1nc(=O)n([C@H]2O[C@H](COP(=O)(O)OP(=O)(O)OP(=O)(O)O)[C@@H](O)[C@H]2O)cc1-c1ccc([N+](=O)[O-])cc1. The number of nitrogen functional groups attached to an aromatic ring is 1. The molecule has 20 nitrogen and oxygen atoms in total. The van der Waals surface area contributed by atoms with E-state index in [1.807, 2.05) is 0 Å². The number of phosphoric acid groups is 3. The molecule has 38 heavy (non-hydrogen) atoms. The quantitative estimate of drug-likeness (QED) is 0.101. The van der Waals surface area contributed by atoms with Crippen LogP contribution in [0.2, 0.25) is 0 Å². The molecule has 1 aromatic heterocycles. The lowest BCUT2D eigenvalue weighted by Crippen LogP contribution is -2.36. The zero-order valence-electron chi connectivity index (χ0n) is 18.4. The Balaban J connectivity index is 1.79. The van der Waals surface area contributed by atoms with Crippen LogP contribution in [0.15, 0.2) is 35.3 Å². The molecule has 0 spiro atoms. The number of rotatable bonds is 10. The van der Waals surface area contributed by atoms with Crippen LogP contribution >= 0.6 is 23.5 Å². The van der Waals surface area contributed by atoms with Crippen molar-refractivity contribution in [3.05, 3.63) is 51.1 Å². The molecule has 23 heteroatoms. The van der Waals surface area contributed by atoms with Gasteiger partial charge in [-0.15, -0.1) is 0 Å². The minimum absolute atomic E-state index is 0.0847. The molecule has 1 aliphatic rings. The van der Waals surface area contributed by atoms with Crippen LogP contribution < -0.4 is 11.4 Å². The molecule has 8 N–H and O–H groups in total. The van der Waals surface area contributed by atoms with Gasteiger partial charge in [0.15, 0.2) is 6.23 Å². The lowest BCUT2D eigenvalue weighted by atomic mass is 10.1. The third-order valence-electron chi connectivity index (χ3n) is 4.80. The van der Waals surface area contributed by atoms with Crippen molar-refractivity contribution in [3.8, 4) is 11.1 Å². The number of nitrogens with zero attached hydrogens (tertiary/aromatic N) is 3. The molecule has 0 saturated carbocycles. The average molecular weight is 604 g/mol. The fourth-order valence-corrected chi connectivity index (χ4v) is 6.25. The number of nitro groups is 1. The van der Waals surface area contributed by atoms with E-state index >= 15 is 0 Å². The fourth-order valence-electron chi connectivity index (χ4n) is 3.22. The summed E-state index contributed by atoms with van der Waals surface area (Å²) in [6.45, 7) is -1.11. The van der Waals surface area contributed by atoms with Gasteiger partial charge in [0.05, 0.1) is 11.5 Å². The van der Waals surface area contributed by atoms with Crippen LogP contribution in [0.4, 0.5) is 11.5 Å². The molecule has 0 radical (unpaired) electrons. The van der Waals surface area contributed by atoms with Crippen LogP contribution in [0.5, 0.6) is 0 Å². The highest BCUT2D eigenvalue weighted by Crippen LogP contribution is 2.66. The van der Waals surface area contributed by atoms with Gasteiger partial charge in [-0.05, 0) is 17.7 Å². The minimum atomic E-state index is -5.80. The van der Waals surface area contributed by atoms with E-state index in [2.05, 4.69) is 18.1 Å². The van der Waals surface area contributed by atoms with E-state index < -0.39 is 65.2 Å². The van der Waals surface area contributed by atoms with E-state index in [0.717, 1.165) is 18.3 Å². The number of aromatic nitrogens is 2. The largest absolute Gasteiger partial charge is 0.490 e. The average Bonchev–Trinajstić information content (AvgIpc) is 3.04. The van der Waals surface area contributed by atoms with Gasteiger partial charge in [-0.1, -0.05) is 0 Å². The maximum Gasteiger partial charge on any atom is 0.490 e. The second-order valence-electron chi connectivity index (χ2n) is 7.47. The Morgan fingerprint density at radius 2 is 1.66 bits per heavy atom. The van der Waals surface area contributed by atoms with Gasteiger partial charge in [-0.3, -0.25) is 19.2 Å². The van der Waals surface area contributed by atoms with Gasteiger partial charge in [0.1, 0.15) is 24.1 Å². The highest BCUT2D eigenvalue weighted by molar-refractivity contribution is 7.66. The van der Waals surface area contributed by atoms with Gasteiger partial charge in [0, 0.05) is 23.9 Å². The first-order valence-corrected chi connectivity index (χ1v) is 14.3. The number of nitro benzene ring substituents is 1. The van der Waals surface area contributed by atoms with E-state index in [1.165, 1.54) is 12.1 Å². The number of ether oxygens (including phenoxy) is 1. The molecule has 1 aliphatic heterocycles. The molecule has 6 atom stereocenters. The van der Waals surface area contributed by atoms with Crippen LogP contribution in [0.25, 0.3) is 11.1 Å². The summed E-state index contributed by atoms with van der Waals surface area (Å²) in [5.74, 6) is -0.280. The normalized spacial score (nSPS) is 25.0. The number of aliphatic hydroxyl groups is 2. The smallest absolute Gasteiger partial charge is 0.387 e. The summed E-state index contributed by atoms with van der Waals surface area (Å²) in [4.78, 5) is 62.1. The van der Waals surface area contributed by atoms with E-state index in [1.54, 1.807) is 0 Å². The second kappa shape index (κ2) is 11.0. The van der Waals surface area contributed by atoms with Crippen molar-refractivity contribution < 1.29 is 66.3 Å². The van der Waals surface area contributed by atoms with E-state index in [-0.39, 0.29) is 22.6 Å². The Bertz CT molecular complexity index is 1410. The van der Waals surface area contributed by atoms with Crippen molar-refractivity contribution in [2.75, 3.05) is 12.3 Å². The summed E-state index contributed by atoms with van der Waals surface area (Å²) in [5, 5.41) is 31.5. The Kier molecular flexibility index (Phi) is 8.72. The maximum atomic E-state index is 12.4. The third-order valence-corrected chi connectivity index (χ3v) is 8.60. The van der Waals surface area contributed by atoms with Crippen LogP contribution in [0.3, 0.4) is 0 Å². The zero-order valence-corrected chi connectivity index (χ0v) is 21.1. The van der Waals surface area contributed by atoms with Crippen molar-refractivity contribution in [1.82, 2.24) is 9.55 Å². The van der Waals surface area contributed by atoms with E-state index in [9.17, 15) is 48.6 Å². The predicted octanol–water partition coefficient (Wildman–Crippen LogP) is -0.637. The number of nitrogens with two attached hydrogens (primary N) is 1. The molecule has 3 rings (SSSR count). The Hall–Kier alpha value is -2.41. The van der Waals surface area contributed by atoms with Gasteiger partial charge in [0.2, 0.25) is 0 Å². The number of hydrogen-bond acceptors (Lipinski definition) is 14. The van der Waals surface area contributed by atoms with Crippen LogP contribution in [-0.2, 0) is 31.6 Å². The molecule has 210 valence electrons. The standard InChI is InChI=1S/C15H19N4O16P3/c16-13-9(7-1-3-8(4-2-7)19(23)24)5-18(15(22)17-13)14-12(21)11(20)10(33-14)6-32-37(28,29)35-38(30,31)34-36(25,26)27/h1-5,10-12,14,20-21H,6H2,(H,28,29)(H,30,31)(H2,16,17,22)(H2,25,26,27)/t10-,11-,12-,14+/m1/s1. The van der Waals surface area contributed by atoms with Gasteiger partial charge in [0.25, 0.3) is 5.69 Å².